The number of Topliss-reactive ketones (excluding diaryl/α,β-unsaturated/α-hetero) is 2. The van der Waals surface area contributed by atoms with E-state index in [2.05, 4.69) is 6.92 Å². The summed E-state index contributed by atoms with van der Waals surface area (Å²) in [5.74, 6) is -0.589. The molecule has 0 bridgehead atoms. The van der Waals surface area contributed by atoms with Gasteiger partial charge >= 0.3 is 29.6 Å². The normalized spacial score (nSPS) is 47.0. The molecule has 4 aliphatic carbocycles. The van der Waals surface area contributed by atoms with Crippen LogP contribution in [0.1, 0.15) is 65.2 Å². The molecule has 0 amide bonds. The molecule has 4 fully saturated rings. The summed E-state index contributed by atoms with van der Waals surface area (Å²) in [6.07, 6.45) is 3.41. The van der Waals surface area contributed by atoms with Crippen molar-refractivity contribution in [3.63, 3.8) is 0 Å². The first-order valence-electron chi connectivity index (χ1n) is 10.9. The number of ketones is 2. The van der Waals surface area contributed by atoms with Crippen LogP contribution >= 0.6 is 0 Å². The fraction of sp³-hybridized carbons (Fsp3) is 0.905. The molecule has 0 aromatic carbocycles. The summed E-state index contributed by atoms with van der Waals surface area (Å²) < 4.78 is 37.8. The third-order valence-corrected chi connectivity index (χ3v) is 9.82. The van der Waals surface area contributed by atoms with Crippen LogP contribution in [0.15, 0.2) is 0 Å². The van der Waals surface area contributed by atoms with Gasteiger partial charge in [0.05, 0.1) is 6.10 Å². The van der Waals surface area contributed by atoms with E-state index in [4.69, 9.17) is 4.18 Å². The molecule has 4 saturated carbocycles. The third kappa shape index (κ3) is 3.91. The number of rotatable bonds is 4. The molecule has 2 N–H and O–H groups in total. The maximum Gasteiger partial charge on any atom is 1.00 e. The molecule has 4 rings (SSSR count). The predicted octanol–water partition coefficient (Wildman–Crippen LogP) is -1.65. The Labute approximate surface area is 205 Å². The largest absolute Gasteiger partial charge is 1.00 e. The van der Waals surface area contributed by atoms with E-state index in [0.29, 0.717) is 25.7 Å². The first-order valence-corrected chi connectivity index (χ1v) is 12.2. The van der Waals surface area contributed by atoms with Crippen molar-refractivity contribution >= 4 is 22.0 Å². The van der Waals surface area contributed by atoms with Crippen molar-refractivity contribution in [2.24, 2.45) is 34.5 Å². The van der Waals surface area contributed by atoms with Crippen molar-refractivity contribution in [2.75, 3.05) is 6.61 Å². The minimum atomic E-state index is -4.76. The molecule has 0 heterocycles. The van der Waals surface area contributed by atoms with Crippen molar-refractivity contribution in [3.8, 4) is 0 Å². The fourth-order valence-electron chi connectivity index (χ4n) is 7.88. The van der Waals surface area contributed by atoms with Crippen LogP contribution in [-0.2, 0) is 24.2 Å². The monoisotopic (exact) mass is 466 g/mol. The van der Waals surface area contributed by atoms with Crippen LogP contribution in [0, 0.1) is 34.5 Å². The molecule has 0 aromatic heterocycles. The van der Waals surface area contributed by atoms with Gasteiger partial charge in [0, 0.05) is 17.8 Å². The predicted molar refractivity (Wildman–Crippen MR) is 104 cm³/mol. The summed E-state index contributed by atoms with van der Waals surface area (Å²) >= 11 is 0. The average Bonchev–Trinajstić information content (AvgIpc) is 2.91. The molecule has 8 nitrogen and oxygen atoms in total. The molecule has 31 heavy (non-hydrogen) atoms. The number of carbonyl (C=O) groups is 2. The summed E-state index contributed by atoms with van der Waals surface area (Å²) in [6, 6.07) is 0. The van der Waals surface area contributed by atoms with E-state index in [1.807, 2.05) is 6.92 Å². The molecular formula is C21H31NaO8S. The fourth-order valence-corrected chi connectivity index (χ4v) is 8.39. The molecule has 0 aliphatic heterocycles. The van der Waals surface area contributed by atoms with Gasteiger partial charge in [0.25, 0.3) is 0 Å². The minimum Gasteiger partial charge on any atom is -0.726 e. The Morgan fingerprint density at radius 3 is 2.48 bits per heavy atom. The molecule has 0 aromatic rings. The van der Waals surface area contributed by atoms with Crippen molar-refractivity contribution in [2.45, 2.75) is 76.9 Å². The van der Waals surface area contributed by atoms with E-state index in [0.717, 1.165) is 12.8 Å². The van der Waals surface area contributed by atoms with E-state index in [-0.39, 0.29) is 77.3 Å². The SMILES string of the molecule is C[C@]12CC[C@@H](OS(=O)(=O)[O-])C[C@@H]1CC[C@@H]1[C@@H]2C(=O)C[C@@]2(C)[C@H]1CC[C@]2(O)C(=O)CO.[Na+]. The van der Waals surface area contributed by atoms with Crippen LogP contribution in [-0.4, -0.2) is 53.1 Å². The van der Waals surface area contributed by atoms with E-state index < -0.39 is 39.9 Å². The van der Waals surface area contributed by atoms with Gasteiger partial charge in [0.15, 0.2) is 5.78 Å². The Kier molecular flexibility index (Phi) is 6.99. The molecule has 170 valence electrons. The standard InChI is InChI=1S/C21H32O8S.Na/c1-19-7-5-13(29-30(26,27)28)9-12(19)3-4-14-15-6-8-21(25,17(24)11-22)20(15,2)10-16(23)18(14)19;/h12-15,18,22,25H,3-11H2,1-2H3,(H,26,27,28);/q;+1/p-1/t12-,13+,14-,15-,18+,19-,20-,21-;/m0./s1. The van der Waals surface area contributed by atoms with Gasteiger partial charge in [-0.25, -0.2) is 8.42 Å². The number of aliphatic hydroxyl groups excluding tert-OH is 1. The number of fused-ring (bicyclic) bond motifs is 5. The molecule has 0 radical (unpaired) electrons. The topological polar surface area (TPSA) is 141 Å². The number of aliphatic hydroxyl groups is 2. The maximum atomic E-state index is 13.5. The molecule has 4 aliphatic rings. The molecule has 0 unspecified atom stereocenters. The number of hydrogen-bond acceptors (Lipinski definition) is 8. The molecule has 0 saturated heterocycles. The summed E-state index contributed by atoms with van der Waals surface area (Å²) in [7, 11) is -4.76. The van der Waals surface area contributed by atoms with Gasteiger partial charge in [-0.15, -0.1) is 0 Å². The van der Waals surface area contributed by atoms with Crippen molar-refractivity contribution in [1.29, 1.82) is 0 Å². The Hall–Kier alpha value is 0.130. The van der Waals surface area contributed by atoms with Crippen molar-refractivity contribution in [3.05, 3.63) is 0 Å². The smallest absolute Gasteiger partial charge is 0.726 e. The zero-order chi connectivity index (χ0) is 22.1. The van der Waals surface area contributed by atoms with Gasteiger partial charge in [-0.1, -0.05) is 13.8 Å². The van der Waals surface area contributed by atoms with Crippen molar-refractivity contribution in [1.82, 2.24) is 0 Å². The maximum absolute atomic E-state index is 13.5. The van der Waals surface area contributed by atoms with E-state index in [1.165, 1.54) is 0 Å². The van der Waals surface area contributed by atoms with Crippen LogP contribution in [0.4, 0.5) is 0 Å². The Bertz CT molecular complexity index is 861. The van der Waals surface area contributed by atoms with Crippen LogP contribution in [0.2, 0.25) is 0 Å². The quantitative estimate of drug-likeness (QED) is 0.285. The minimum absolute atomic E-state index is 0. The van der Waals surface area contributed by atoms with E-state index in [9.17, 15) is 32.8 Å². The molecule has 8 atom stereocenters. The van der Waals surface area contributed by atoms with Gasteiger partial charge in [-0.2, -0.15) is 0 Å². The van der Waals surface area contributed by atoms with Crippen molar-refractivity contribution < 1.29 is 66.5 Å². The van der Waals surface area contributed by atoms with Crippen LogP contribution in [0.5, 0.6) is 0 Å². The van der Waals surface area contributed by atoms with Gasteiger partial charge in [0.1, 0.15) is 18.0 Å². The second-order valence-electron chi connectivity index (χ2n) is 10.5. The Morgan fingerprint density at radius 2 is 1.87 bits per heavy atom. The summed E-state index contributed by atoms with van der Waals surface area (Å²) in [5, 5.41) is 20.6. The second kappa shape index (κ2) is 8.41. The first kappa shape index (κ1) is 25.7. The van der Waals surface area contributed by atoms with E-state index >= 15 is 0 Å². The zero-order valence-electron chi connectivity index (χ0n) is 18.5. The van der Waals surface area contributed by atoms with Gasteiger partial charge in [-0.05, 0) is 68.1 Å². The number of carbonyl (C=O) groups excluding carboxylic acids is 2. The van der Waals surface area contributed by atoms with Crippen LogP contribution in [0.25, 0.3) is 0 Å². The Balaban J connectivity index is 0.00000272. The molecule has 10 heteroatoms. The van der Waals surface area contributed by atoms with Crippen LogP contribution in [0.3, 0.4) is 0 Å². The summed E-state index contributed by atoms with van der Waals surface area (Å²) in [4.78, 5) is 25.9. The van der Waals surface area contributed by atoms with Gasteiger partial charge in [0.2, 0.25) is 10.4 Å². The summed E-state index contributed by atoms with van der Waals surface area (Å²) in [5.41, 5.74) is -2.85. The molecular weight excluding hydrogens is 435 g/mol. The first-order chi connectivity index (χ1) is 13.9. The van der Waals surface area contributed by atoms with Gasteiger partial charge in [-0.3, -0.25) is 13.8 Å². The Morgan fingerprint density at radius 1 is 1.19 bits per heavy atom. The zero-order valence-corrected chi connectivity index (χ0v) is 21.3. The third-order valence-electron chi connectivity index (χ3n) is 9.32. The molecule has 0 spiro atoms. The van der Waals surface area contributed by atoms with E-state index in [1.54, 1.807) is 0 Å². The summed E-state index contributed by atoms with van der Waals surface area (Å²) in [6.45, 7) is 3.19. The van der Waals surface area contributed by atoms with Crippen LogP contribution < -0.4 is 29.6 Å². The average molecular weight is 467 g/mol. The van der Waals surface area contributed by atoms with Gasteiger partial charge < -0.3 is 14.8 Å². The number of hydrogen-bond donors (Lipinski definition) is 2. The second-order valence-corrected chi connectivity index (χ2v) is 11.5.